The van der Waals surface area contributed by atoms with Gasteiger partial charge in [-0.05, 0) is 24.3 Å². The zero-order chi connectivity index (χ0) is 12.2. The number of benzene rings is 1. The van der Waals surface area contributed by atoms with Crippen LogP contribution in [0.3, 0.4) is 0 Å². The van der Waals surface area contributed by atoms with Crippen LogP contribution in [0.1, 0.15) is 5.56 Å². The maximum atomic E-state index is 12.2. The Labute approximate surface area is 89.2 Å². The highest BCUT2D eigenvalue weighted by Gasteiger charge is 2.29. The van der Waals surface area contributed by atoms with E-state index < -0.39 is 11.7 Å². The van der Waals surface area contributed by atoms with Crippen molar-refractivity contribution in [1.82, 2.24) is 5.32 Å². The largest absolute Gasteiger partial charge is 0.416 e. The maximum absolute atomic E-state index is 12.2. The van der Waals surface area contributed by atoms with Gasteiger partial charge in [-0.15, -0.1) is 0 Å². The molecule has 1 rings (SSSR count). The highest BCUT2D eigenvalue weighted by atomic mass is 19.4. The Kier molecular flexibility index (Phi) is 3.35. The van der Waals surface area contributed by atoms with Crippen LogP contribution in [0.4, 0.5) is 18.9 Å². The van der Waals surface area contributed by atoms with Crippen molar-refractivity contribution in [2.45, 2.75) is 6.18 Å². The summed E-state index contributed by atoms with van der Waals surface area (Å²) in [5.74, 6) is -0.178. The van der Waals surface area contributed by atoms with Crippen molar-refractivity contribution >= 4 is 11.6 Å². The second kappa shape index (κ2) is 4.53. The molecule has 0 aliphatic carbocycles. The fourth-order valence-corrected chi connectivity index (χ4v) is 0.949. The first-order valence-corrected chi connectivity index (χ1v) is 4.10. The lowest BCUT2D eigenvalue weighted by Crippen LogP contribution is -2.26. The molecule has 16 heavy (non-hydrogen) atoms. The van der Waals surface area contributed by atoms with Crippen molar-refractivity contribution in [1.29, 1.82) is 5.26 Å². The average Bonchev–Trinajstić information content (AvgIpc) is 2.17. The molecule has 0 amide bonds. The number of hydrogen-bond donors (Lipinski definition) is 2. The van der Waals surface area contributed by atoms with Crippen LogP contribution in [-0.4, -0.2) is 5.96 Å². The standard InChI is InChI=1S/C9H7F3N4/c10-9(11,12)6-1-3-7(4-2-6)16-8(14)15-5-13/h1-4H,(H3,14,15,16). The Hall–Kier alpha value is -2.23. The second-order valence-electron chi connectivity index (χ2n) is 2.78. The number of nitrogens with zero attached hydrogens (tertiary/aromatic N) is 2. The normalized spacial score (nSPS) is 12.0. The number of halogens is 3. The minimum absolute atomic E-state index is 0.178. The van der Waals surface area contributed by atoms with Crippen LogP contribution in [0.2, 0.25) is 0 Å². The summed E-state index contributed by atoms with van der Waals surface area (Å²) in [5, 5.41) is 10.2. The van der Waals surface area contributed by atoms with Gasteiger partial charge >= 0.3 is 6.18 Å². The minimum atomic E-state index is -4.38. The third-order valence-corrected chi connectivity index (χ3v) is 1.63. The van der Waals surface area contributed by atoms with Gasteiger partial charge in [-0.2, -0.15) is 18.4 Å². The van der Waals surface area contributed by atoms with Crippen LogP contribution in [0, 0.1) is 11.5 Å². The van der Waals surface area contributed by atoms with Crippen molar-refractivity contribution in [3.8, 4) is 6.19 Å². The van der Waals surface area contributed by atoms with E-state index in [1.807, 2.05) is 5.32 Å². The Morgan fingerprint density at radius 1 is 1.31 bits per heavy atom. The van der Waals surface area contributed by atoms with Crippen LogP contribution in [0.15, 0.2) is 29.3 Å². The highest BCUT2D eigenvalue weighted by molar-refractivity contribution is 5.82. The summed E-state index contributed by atoms with van der Waals surface area (Å²) in [4.78, 5) is 3.67. The van der Waals surface area contributed by atoms with Crippen LogP contribution < -0.4 is 11.1 Å². The number of nitrogens with one attached hydrogen (secondary N) is 1. The van der Waals surface area contributed by atoms with Gasteiger partial charge in [0.2, 0.25) is 5.96 Å². The maximum Gasteiger partial charge on any atom is 0.416 e. The highest BCUT2D eigenvalue weighted by Crippen LogP contribution is 2.30. The summed E-state index contributed by atoms with van der Waals surface area (Å²) in [6.45, 7) is 0. The van der Waals surface area contributed by atoms with E-state index >= 15 is 0 Å². The molecule has 0 radical (unpaired) electrons. The molecular weight excluding hydrogens is 221 g/mol. The molecule has 0 aromatic heterocycles. The molecule has 0 fully saturated rings. The molecule has 0 unspecified atom stereocenters. The monoisotopic (exact) mass is 228 g/mol. The van der Waals surface area contributed by atoms with Crippen molar-refractivity contribution < 1.29 is 13.2 Å². The van der Waals surface area contributed by atoms with Crippen LogP contribution in [0.25, 0.3) is 0 Å². The zero-order valence-electron chi connectivity index (χ0n) is 7.92. The van der Waals surface area contributed by atoms with Gasteiger partial charge in [-0.3, -0.25) is 5.32 Å². The molecule has 84 valence electrons. The van der Waals surface area contributed by atoms with Gasteiger partial charge in [0, 0.05) is 0 Å². The molecule has 0 heterocycles. The lowest BCUT2D eigenvalue weighted by Gasteiger charge is -2.05. The Morgan fingerprint density at radius 3 is 2.31 bits per heavy atom. The Balaban J connectivity index is 2.89. The molecule has 0 aliphatic rings. The summed E-state index contributed by atoms with van der Waals surface area (Å²) in [6, 6.07) is 4.10. The van der Waals surface area contributed by atoms with Crippen molar-refractivity contribution in [3.05, 3.63) is 29.8 Å². The summed E-state index contributed by atoms with van der Waals surface area (Å²) < 4.78 is 36.6. The van der Waals surface area contributed by atoms with Crippen LogP contribution in [0.5, 0.6) is 0 Å². The van der Waals surface area contributed by atoms with Gasteiger partial charge < -0.3 is 5.73 Å². The van der Waals surface area contributed by atoms with Crippen LogP contribution >= 0.6 is 0 Å². The molecule has 3 N–H and O–H groups in total. The smallest absolute Gasteiger partial charge is 0.369 e. The molecule has 0 aliphatic heterocycles. The van der Waals surface area contributed by atoms with E-state index in [4.69, 9.17) is 11.0 Å². The fraction of sp³-hybridized carbons (Fsp3) is 0.111. The number of rotatable bonds is 1. The summed E-state index contributed by atoms with van der Waals surface area (Å²) >= 11 is 0. The third-order valence-electron chi connectivity index (χ3n) is 1.63. The van der Waals surface area contributed by atoms with E-state index in [-0.39, 0.29) is 11.6 Å². The number of guanidine groups is 1. The fourth-order valence-electron chi connectivity index (χ4n) is 0.949. The van der Waals surface area contributed by atoms with Gasteiger partial charge in [-0.25, -0.2) is 4.99 Å². The van der Waals surface area contributed by atoms with E-state index in [2.05, 4.69) is 4.99 Å². The minimum Gasteiger partial charge on any atom is -0.369 e. The third kappa shape index (κ3) is 3.16. The number of nitrogens with two attached hydrogens (primary N) is 1. The van der Waals surface area contributed by atoms with E-state index in [1.165, 1.54) is 6.19 Å². The van der Waals surface area contributed by atoms with Crippen molar-refractivity contribution in [3.63, 3.8) is 0 Å². The molecule has 4 nitrogen and oxygen atoms in total. The predicted octanol–water partition coefficient (Wildman–Crippen LogP) is 1.72. The predicted molar refractivity (Wildman–Crippen MR) is 51.5 cm³/mol. The first-order chi connectivity index (χ1) is 7.43. The summed E-state index contributed by atoms with van der Waals surface area (Å²) in [7, 11) is 0. The molecule has 0 spiro atoms. The van der Waals surface area contributed by atoms with Gasteiger partial charge in [0.15, 0.2) is 6.19 Å². The lowest BCUT2D eigenvalue weighted by atomic mass is 10.2. The summed E-state index contributed by atoms with van der Waals surface area (Å²) in [5.41, 5.74) is 4.70. The number of aliphatic imine (C=N–C) groups is 1. The topological polar surface area (TPSA) is 74.2 Å². The molecule has 1 aromatic rings. The van der Waals surface area contributed by atoms with E-state index in [0.29, 0.717) is 0 Å². The number of hydrogen-bond acceptors (Lipinski definition) is 2. The van der Waals surface area contributed by atoms with Gasteiger partial charge in [0.05, 0.1) is 11.3 Å². The second-order valence-corrected chi connectivity index (χ2v) is 2.78. The molecule has 7 heteroatoms. The molecule has 1 aromatic carbocycles. The first kappa shape index (κ1) is 11.8. The molecule has 0 bridgehead atoms. The van der Waals surface area contributed by atoms with Crippen molar-refractivity contribution in [2.24, 2.45) is 10.7 Å². The van der Waals surface area contributed by atoms with Crippen LogP contribution in [-0.2, 0) is 6.18 Å². The van der Waals surface area contributed by atoms with Gasteiger partial charge in [-0.1, -0.05) is 0 Å². The Morgan fingerprint density at radius 2 is 1.88 bits per heavy atom. The average molecular weight is 228 g/mol. The zero-order valence-corrected chi connectivity index (χ0v) is 7.92. The van der Waals surface area contributed by atoms with E-state index in [9.17, 15) is 13.2 Å². The molecule has 0 saturated carbocycles. The number of alkyl halides is 3. The van der Waals surface area contributed by atoms with Gasteiger partial charge in [0.1, 0.15) is 0 Å². The van der Waals surface area contributed by atoms with Gasteiger partial charge in [0.25, 0.3) is 0 Å². The summed E-state index contributed by atoms with van der Waals surface area (Å²) in [6.07, 6.45) is -2.84. The molecule has 0 atom stereocenters. The van der Waals surface area contributed by atoms with E-state index in [0.717, 1.165) is 24.3 Å². The molecule has 0 saturated heterocycles. The quantitative estimate of drug-likeness (QED) is 0.332. The first-order valence-electron chi connectivity index (χ1n) is 4.10. The lowest BCUT2D eigenvalue weighted by molar-refractivity contribution is -0.137. The Bertz CT molecular complexity index is 428. The van der Waals surface area contributed by atoms with Crippen molar-refractivity contribution in [2.75, 3.05) is 0 Å². The number of nitriles is 1. The van der Waals surface area contributed by atoms with E-state index in [1.54, 1.807) is 0 Å². The SMILES string of the molecule is N#CNC(N)=Nc1ccc(C(F)(F)F)cc1. The molecular formula is C9H7F3N4.